The van der Waals surface area contributed by atoms with Gasteiger partial charge in [0, 0.05) is 30.3 Å². The Bertz CT molecular complexity index is 1100. The first kappa shape index (κ1) is 19.0. The molecule has 0 atom stereocenters. The number of rotatable bonds is 5. The fourth-order valence-electron chi connectivity index (χ4n) is 2.93. The first-order valence-electron chi connectivity index (χ1n) is 8.49. The summed E-state index contributed by atoms with van der Waals surface area (Å²) >= 11 is 0. The Hall–Kier alpha value is -3.75. The molecule has 1 N–H and O–H groups in total. The summed E-state index contributed by atoms with van der Waals surface area (Å²) in [4.78, 5) is 22.7. The molecule has 9 nitrogen and oxygen atoms in total. The second-order valence-electron chi connectivity index (χ2n) is 6.04. The molecular weight excluding hydrogens is 364 g/mol. The van der Waals surface area contributed by atoms with E-state index in [-0.39, 0.29) is 23.7 Å². The van der Waals surface area contributed by atoms with E-state index in [4.69, 9.17) is 4.74 Å². The van der Waals surface area contributed by atoms with Crippen LogP contribution in [0.15, 0.2) is 46.6 Å². The third kappa shape index (κ3) is 3.29. The molecule has 1 heterocycles. The summed E-state index contributed by atoms with van der Waals surface area (Å²) in [6.07, 6.45) is 0. The van der Waals surface area contributed by atoms with Gasteiger partial charge in [-0.1, -0.05) is 0 Å². The maximum Gasteiger partial charge on any atom is 0.340 e. The van der Waals surface area contributed by atoms with Crippen LogP contribution in [0.4, 0.5) is 17.1 Å². The summed E-state index contributed by atoms with van der Waals surface area (Å²) < 4.78 is 6.96. The van der Waals surface area contributed by atoms with Crippen LogP contribution in [0.1, 0.15) is 23.0 Å². The molecule has 1 aromatic heterocycles. The van der Waals surface area contributed by atoms with Crippen LogP contribution in [0.5, 0.6) is 5.75 Å². The maximum absolute atomic E-state index is 12.5. The molecule has 2 aromatic carbocycles. The van der Waals surface area contributed by atoms with Gasteiger partial charge in [-0.15, -0.1) is 5.11 Å². The molecule has 0 aliphatic rings. The molecule has 28 heavy (non-hydrogen) atoms. The number of ether oxygens (including phenoxy) is 1. The minimum Gasteiger partial charge on any atom is -0.506 e. The molecule has 3 rings (SSSR count). The number of esters is 1. The first-order valence-corrected chi connectivity index (χ1v) is 8.49. The Morgan fingerprint density at radius 3 is 2.50 bits per heavy atom. The topological polar surface area (TPSA) is 119 Å². The van der Waals surface area contributed by atoms with Gasteiger partial charge in [0.15, 0.2) is 0 Å². The summed E-state index contributed by atoms with van der Waals surface area (Å²) in [5, 5.41) is 29.7. The number of benzene rings is 2. The summed E-state index contributed by atoms with van der Waals surface area (Å²) in [6.45, 7) is 3.71. The van der Waals surface area contributed by atoms with Gasteiger partial charge < -0.3 is 14.4 Å². The smallest absolute Gasteiger partial charge is 0.340 e. The highest BCUT2D eigenvalue weighted by Crippen LogP contribution is 2.40. The molecular formula is C19H18N4O5. The molecule has 0 spiro atoms. The minimum absolute atomic E-state index is 0.0628. The Morgan fingerprint density at radius 1 is 1.21 bits per heavy atom. The third-order valence-electron chi connectivity index (χ3n) is 4.42. The van der Waals surface area contributed by atoms with E-state index in [0.717, 1.165) is 0 Å². The van der Waals surface area contributed by atoms with Crippen molar-refractivity contribution in [1.29, 1.82) is 0 Å². The van der Waals surface area contributed by atoms with Gasteiger partial charge in [0.1, 0.15) is 11.4 Å². The lowest BCUT2D eigenvalue weighted by atomic mass is 10.1. The number of carbonyl (C=O) groups excluding carboxylic acids is 1. The molecule has 3 aromatic rings. The first-order chi connectivity index (χ1) is 13.3. The fraction of sp³-hybridized carbons (Fsp3) is 0.211. The summed E-state index contributed by atoms with van der Waals surface area (Å²) in [5.41, 5.74) is 2.11. The number of non-ortho nitro benzene ring substituents is 1. The number of nitrogens with zero attached hydrogens (tertiary/aromatic N) is 4. The number of fused-ring (bicyclic) bond motifs is 1. The normalized spacial score (nSPS) is 11.2. The van der Waals surface area contributed by atoms with Gasteiger partial charge in [-0.25, -0.2) is 4.79 Å². The van der Waals surface area contributed by atoms with Gasteiger partial charge in [0.2, 0.25) is 0 Å². The summed E-state index contributed by atoms with van der Waals surface area (Å²) in [7, 11) is 1.80. The van der Waals surface area contributed by atoms with Crippen molar-refractivity contribution in [2.24, 2.45) is 17.3 Å². The van der Waals surface area contributed by atoms with Gasteiger partial charge in [0.25, 0.3) is 5.69 Å². The van der Waals surface area contributed by atoms with Gasteiger partial charge in [-0.05, 0) is 38.1 Å². The second kappa shape index (κ2) is 7.47. The van der Waals surface area contributed by atoms with E-state index in [2.05, 4.69) is 10.2 Å². The monoisotopic (exact) mass is 382 g/mol. The lowest BCUT2D eigenvalue weighted by Gasteiger charge is -2.04. The zero-order valence-electron chi connectivity index (χ0n) is 15.5. The predicted octanol–water partition coefficient (Wildman–Crippen LogP) is 4.69. The molecule has 0 bridgehead atoms. The quantitative estimate of drug-likeness (QED) is 0.297. The molecule has 0 radical (unpaired) electrons. The Morgan fingerprint density at radius 2 is 1.89 bits per heavy atom. The zero-order valence-corrected chi connectivity index (χ0v) is 15.5. The molecule has 0 amide bonds. The van der Waals surface area contributed by atoms with E-state index in [0.29, 0.717) is 27.8 Å². The number of aromatic hydroxyl groups is 1. The van der Waals surface area contributed by atoms with Crippen molar-refractivity contribution in [3.63, 3.8) is 0 Å². The minimum atomic E-state index is -0.511. The van der Waals surface area contributed by atoms with E-state index >= 15 is 0 Å². The van der Waals surface area contributed by atoms with Crippen LogP contribution in [0.2, 0.25) is 0 Å². The van der Waals surface area contributed by atoms with E-state index < -0.39 is 10.9 Å². The number of aromatic nitrogens is 1. The number of hydrogen-bond acceptors (Lipinski definition) is 7. The average Bonchev–Trinajstić information content (AvgIpc) is 2.92. The molecule has 0 aliphatic carbocycles. The van der Waals surface area contributed by atoms with Crippen molar-refractivity contribution in [2.75, 3.05) is 6.61 Å². The zero-order chi connectivity index (χ0) is 20.4. The van der Waals surface area contributed by atoms with Crippen LogP contribution in [-0.4, -0.2) is 27.2 Å². The summed E-state index contributed by atoms with van der Waals surface area (Å²) in [5.74, 6) is -0.655. The number of azo groups is 1. The molecule has 144 valence electrons. The van der Waals surface area contributed by atoms with E-state index in [1.54, 1.807) is 27.0 Å². The lowest BCUT2D eigenvalue weighted by molar-refractivity contribution is -0.384. The maximum atomic E-state index is 12.5. The van der Waals surface area contributed by atoms with Crippen molar-refractivity contribution in [1.82, 2.24) is 4.57 Å². The van der Waals surface area contributed by atoms with Crippen molar-refractivity contribution in [2.45, 2.75) is 13.8 Å². The number of hydrogen-bond donors (Lipinski definition) is 1. The Labute approximate surface area is 160 Å². The van der Waals surface area contributed by atoms with E-state index in [9.17, 15) is 20.0 Å². The van der Waals surface area contributed by atoms with Gasteiger partial charge in [-0.3, -0.25) is 10.1 Å². The number of aryl methyl sites for hydroxylation is 1. The van der Waals surface area contributed by atoms with Crippen molar-refractivity contribution in [3.05, 3.63) is 57.8 Å². The number of nitro benzene ring substituents is 1. The molecule has 0 saturated heterocycles. The van der Waals surface area contributed by atoms with Crippen LogP contribution < -0.4 is 0 Å². The van der Waals surface area contributed by atoms with E-state index in [1.165, 1.54) is 30.3 Å². The van der Waals surface area contributed by atoms with Crippen LogP contribution in [0, 0.1) is 17.0 Å². The highest BCUT2D eigenvalue weighted by Gasteiger charge is 2.24. The molecule has 0 unspecified atom stereocenters. The Balaban J connectivity index is 2.14. The number of carbonyl (C=O) groups is 1. The second-order valence-corrected chi connectivity index (χ2v) is 6.04. The van der Waals surface area contributed by atoms with Crippen LogP contribution in [0.25, 0.3) is 10.9 Å². The third-order valence-corrected chi connectivity index (χ3v) is 4.42. The van der Waals surface area contributed by atoms with Crippen LogP contribution in [0.3, 0.4) is 0 Å². The SMILES string of the molecule is CCOC(=O)c1c(C)n(C)c2ccc(O)c(N=Nc3ccc([N+](=O)[O-])cc3)c12. The molecule has 0 saturated carbocycles. The van der Waals surface area contributed by atoms with E-state index in [1.807, 2.05) is 4.57 Å². The van der Waals surface area contributed by atoms with Crippen molar-refractivity contribution in [3.8, 4) is 5.75 Å². The van der Waals surface area contributed by atoms with Crippen molar-refractivity contribution < 1.29 is 19.6 Å². The predicted molar refractivity (Wildman–Crippen MR) is 103 cm³/mol. The standard InChI is InChI=1S/C19H18N4O5/c1-4-28-19(25)16-11(2)22(3)14-9-10-15(24)18(17(14)16)21-20-12-5-7-13(8-6-12)23(26)27/h5-10,24H,4H2,1-3H3. The largest absolute Gasteiger partial charge is 0.506 e. The molecule has 9 heteroatoms. The highest BCUT2D eigenvalue weighted by atomic mass is 16.6. The van der Waals surface area contributed by atoms with Crippen molar-refractivity contribution >= 4 is 33.9 Å². The lowest BCUT2D eigenvalue weighted by Crippen LogP contribution is -2.06. The van der Waals surface area contributed by atoms with Gasteiger partial charge >= 0.3 is 5.97 Å². The highest BCUT2D eigenvalue weighted by molar-refractivity contribution is 6.11. The van der Waals surface area contributed by atoms with Gasteiger partial charge in [-0.2, -0.15) is 5.11 Å². The average molecular weight is 382 g/mol. The Kier molecular flexibility index (Phi) is 5.08. The van der Waals surface area contributed by atoms with Crippen LogP contribution in [-0.2, 0) is 11.8 Å². The fourth-order valence-corrected chi connectivity index (χ4v) is 2.93. The summed E-state index contributed by atoms with van der Waals surface area (Å²) in [6, 6.07) is 8.67. The number of phenolic OH excluding ortho intramolecular Hbond substituents is 1. The number of phenols is 1. The molecule has 0 aliphatic heterocycles. The van der Waals surface area contributed by atoms with Gasteiger partial charge in [0.05, 0.1) is 28.3 Å². The number of nitro groups is 1. The van der Waals surface area contributed by atoms with Crippen LogP contribution >= 0.6 is 0 Å². The molecule has 0 fully saturated rings.